The van der Waals surface area contributed by atoms with E-state index in [1.807, 2.05) is 0 Å². The van der Waals surface area contributed by atoms with Gasteiger partial charge in [-0.2, -0.15) is 0 Å². The monoisotopic (exact) mass is 605 g/mol. The number of hydrogen-bond donors (Lipinski definition) is 1. The summed E-state index contributed by atoms with van der Waals surface area (Å²) in [6.07, 6.45) is -5.09. The summed E-state index contributed by atoms with van der Waals surface area (Å²) in [5, 5.41) is 0. The first-order valence-electron chi connectivity index (χ1n) is 11.4. The van der Waals surface area contributed by atoms with Crippen LogP contribution in [0.5, 0.6) is 0 Å². The van der Waals surface area contributed by atoms with Crippen LogP contribution in [0.2, 0.25) is 0 Å². The van der Waals surface area contributed by atoms with Crippen LogP contribution >= 0.6 is 0 Å². The molecular formula is C28H34F3FeN3O3S. The third-order valence-electron chi connectivity index (χ3n) is 5.46. The molecule has 0 bridgehead atoms. The Bertz CT molecular complexity index is 1230. The minimum absolute atomic E-state index is 0. The Labute approximate surface area is 242 Å². The van der Waals surface area contributed by atoms with Gasteiger partial charge in [0.05, 0.1) is 45.5 Å². The average Bonchev–Trinajstić information content (AvgIpc) is 3.22. The zero-order valence-corrected chi connectivity index (χ0v) is 25.4. The molecule has 3 aromatic rings. The van der Waals surface area contributed by atoms with Crippen molar-refractivity contribution < 1.29 is 43.2 Å². The molecule has 0 aliphatic heterocycles. The molecule has 3 rings (SSSR count). The summed E-state index contributed by atoms with van der Waals surface area (Å²) in [5.74, 6) is 0. The number of nitrogens with one attached hydrogen (secondary N) is 1. The second-order valence-electron chi connectivity index (χ2n) is 8.91. The fraction of sp³-hybridized carbons (Fsp3) is 0.321. The number of alkyl halides is 3. The molecule has 0 aliphatic carbocycles. The zero-order chi connectivity index (χ0) is 28.1. The van der Waals surface area contributed by atoms with E-state index in [1.54, 1.807) is 0 Å². The van der Waals surface area contributed by atoms with Gasteiger partial charge in [0.25, 0.3) is 0 Å². The fourth-order valence-electron chi connectivity index (χ4n) is 4.05. The maximum absolute atomic E-state index is 10.7. The van der Waals surface area contributed by atoms with Crippen LogP contribution in [0, 0.1) is 49.0 Å². The van der Waals surface area contributed by atoms with Crippen LogP contribution in [0.25, 0.3) is 0 Å². The normalized spacial score (nSPS) is 12.6. The number of rotatable bonds is 5. The van der Waals surface area contributed by atoms with E-state index in [0.29, 0.717) is 0 Å². The number of benzene rings is 2. The summed E-state index contributed by atoms with van der Waals surface area (Å²) in [6, 6.07) is 12.9. The molecule has 214 valence electrons. The Morgan fingerprint density at radius 1 is 0.795 bits per heavy atom. The van der Waals surface area contributed by atoms with Crippen LogP contribution in [0.3, 0.4) is 0 Å². The summed E-state index contributed by atoms with van der Waals surface area (Å²) in [7, 11) is 0. The molecule has 0 saturated carbocycles. The third-order valence-corrected chi connectivity index (χ3v) is 5.78. The SMILES string of the molecule is CC(=Nc1c(C)cc(C)cc1C)c1ccc(C(C)=Nc2c(C)cc(C)cc2C)[nH]1.O=S([O-])OC(F)(F)F.[CH3-].[Fe+2]. The fourth-order valence-corrected chi connectivity index (χ4v) is 4.20. The van der Waals surface area contributed by atoms with E-state index in [0.717, 1.165) is 34.2 Å². The van der Waals surface area contributed by atoms with Crippen molar-refractivity contribution in [3.63, 3.8) is 0 Å². The minimum atomic E-state index is -5.09. The average molecular weight is 606 g/mol. The van der Waals surface area contributed by atoms with Crippen LogP contribution in [0.15, 0.2) is 46.4 Å². The van der Waals surface area contributed by atoms with Gasteiger partial charge >= 0.3 is 23.4 Å². The van der Waals surface area contributed by atoms with Crippen LogP contribution < -0.4 is 0 Å². The second-order valence-corrected chi connectivity index (χ2v) is 9.48. The van der Waals surface area contributed by atoms with Crippen molar-refractivity contribution in [1.29, 1.82) is 0 Å². The quantitative estimate of drug-likeness (QED) is 0.139. The number of aryl methyl sites for hydroxylation is 6. The third kappa shape index (κ3) is 11.2. The van der Waals surface area contributed by atoms with E-state index < -0.39 is 17.7 Å². The van der Waals surface area contributed by atoms with Crippen molar-refractivity contribution >= 4 is 34.2 Å². The molecule has 2 aromatic carbocycles. The van der Waals surface area contributed by atoms with E-state index in [2.05, 4.69) is 101 Å². The molecule has 39 heavy (non-hydrogen) atoms. The number of aliphatic imine (C=N–C) groups is 2. The molecule has 1 atom stereocenters. The maximum Gasteiger partial charge on any atom is 2.00 e. The van der Waals surface area contributed by atoms with Crippen molar-refractivity contribution in [2.75, 3.05) is 0 Å². The number of H-pyrrole nitrogens is 1. The summed E-state index contributed by atoms with van der Waals surface area (Å²) in [4.78, 5) is 13.3. The number of hydrogen-bond acceptors (Lipinski definition) is 5. The molecule has 0 fully saturated rings. The first kappa shape index (κ1) is 36.4. The van der Waals surface area contributed by atoms with Gasteiger partial charge in [0.1, 0.15) is 0 Å². The van der Waals surface area contributed by atoms with Crippen molar-refractivity contribution in [1.82, 2.24) is 4.98 Å². The van der Waals surface area contributed by atoms with Crippen molar-refractivity contribution in [3.8, 4) is 0 Å². The van der Waals surface area contributed by atoms with Gasteiger partial charge in [-0.15, -0.1) is 13.2 Å². The minimum Gasteiger partial charge on any atom is -0.750 e. The van der Waals surface area contributed by atoms with Gasteiger partial charge in [0.15, 0.2) is 0 Å². The molecule has 0 amide bonds. The standard InChI is InChI=1S/C26H31N3.CHF3O3S.CH3.Fe/c1-15-11-17(3)25(18(4)12-15)27-21(7)23-9-10-24(29-23)22(8)28-26-19(5)13-16(2)14-20(26)6;2-1(3,4)7-8(5)6;;/h9-14,29H,1-8H3;(H,5,6);1H3;/q;;-1;+2/p-1. The Hall–Kier alpha value is -2.56. The molecule has 0 saturated heterocycles. The van der Waals surface area contributed by atoms with Gasteiger partial charge in [-0.05, 0) is 89.8 Å². The van der Waals surface area contributed by atoms with Gasteiger partial charge in [-0.1, -0.05) is 35.4 Å². The molecular weight excluding hydrogens is 571 g/mol. The predicted octanol–water partition coefficient (Wildman–Crippen LogP) is 7.91. The van der Waals surface area contributed by atoms with E-state index in [1.165, 1.54) is 33.4 Å². The topological polar surface area (TPSA) is 89.9 Å². The first-order chi connectivity index (χ1) is 17.1. The number of nitrogens with zero attached hydrogens (tertiary/aromatic N) is 2. The van der Waals surface area contributed by atoms with Crippen LogP contribution in [0.1, 0.15) is 58.6 Å². The van der Waals surface area contributed by atoms with Gasteiger partial charge in [-0.3, -0.25) is 9.98 Å². The van der Waals surface area contributed by atoms with Crippen LogP contribution in [-0.4, -0.2) is 31.5 Å². The van der Waals surface area contributed by atoms with Gasteiger partial charge in [0.2, 0.25) is 0 Å². The molecule has 1 heterocycles. The molecule has 0 spiro atoms. The number of aromatic nitrogens is 1. The smallest absolute Gasteiger partial charge is 0.750 e. The van der Waals surface area contributed by atoms with Crippen molar-refractivity contribution in [3.05, 3.63) is 88.6 Å². The van der Waals surface area contributed by atoms with Crippen molar-refractivity contribution in [2.45, 2.75) is 61.8 Å². The van der Waals surface area contributed by atoms with Gasteiger partial charge < -0.3 is 17.0 Å². The summed E-state index contributed by atoms with van der Waals surface area (Å²) in [6.45, 7) is 16.8. The Kier molecular flexibility index (Phi) is 14.3. The molecule has 1 N–H and O–H groups in total. The van der Waals surface area contributed by atoms with E-state index in [4.69, 9.17) is 18.7 Å². The molecule has 0 aliphatic rings. The first-order valence-corrected chi connectivity index (χ1v) is 12.4. The summed E-state index contributed by atoms with van der Waals surface area (Å²) < 4.78 is 52.6. The number of aromatic amines is 1. The molecule has 1 aromatic heterocycles. The van der Waals surface area contributed by atoms with Crippen molar-refractivity contribution in [2.24, 2.45) is 9.98 Å². The molecule has 6 nitrogen and oxygen atoms in total. The summed E-state index contributed by atoms with van der Waals surface area (Å²) >= 11 is -3.51. The molecule has 1 unspecified atom stereocenters. The van der Waals surface area contributed by atoms with Gasteiger partial charge in [-0.25, -0.2) is 8.39 Å². The van der Waals surface area contributed by atoms with Crippen LogP contribution in [-0.2, 0) is 32.6 Å². The van der Waals surface area contributed by atoms with Crippen LogP contribution in [0.4, 0.5) is 24.5 Å². The van der Waals surface area contributed by atoms with E-state index in [9.17, 15) is 13.2 Å². The largest absolute Gasteiger partial charge is 2.00 e. The molecule has 0 radical (unpaired) electrons. The Morgan fingerprint density at radius 2 is 1.10 bits per heavy atom. The predicted molar refractivity (Wildman–Crippen MR) is 148 cm³/mol. The maximum atomic E-state index is 10.7. The van der Waals surface area contributed by atoms with Gasteiger partial charge in [0, 0.05) is 0 Å². The summed E-state index contributed by atoms with van der Waals surface area (Å²) in [5.41, 5.74) is 13.5. The molecule has 11 heteroatoms. The number of halogens is 3. The zero-order valence-electron chi connectivity index (χ0n) is 23.5. The Balaban J connectivity index is 0.00000126. The van der Waals surface area contributed by atoms with E-state index >= 15 is 0 Å². The Morgan fingerprint density at radius 3 is 1.33 bits per heavy atom. The van der Waals surface area contributed by atoms with E-state index in [-0.39, 0.29) is 24.5 Å². The second kappa shape index (κ2) is 15.3.